The van der Waals surface area contributed by atoms with Crippen molar-refractivity contribution in [2.24, 2.45) is 10.8 Å². The van der Waals surface area contributed by atoms with Gasteiger partial charge in [-0.1, -0.05) is 20.8 Å². The zero-order valence-electron chi connectivity index (χ0n) is 18.9. The zero-order chi connectivity index (χ0) is 20.4. The van der Waals surface area contributed by atoms with Crippen molar-refractivity contribution >= 4 is 0 Å². The number of likely N-dealkylation sites (N-methyl/N-ethyl adjacent to an activating group) is 2. The van der Waals surface area contributed by atoms with Crippen LogP contribution in [0.5, 0.6) is 0 Å². The standard InChI is InChI=1S/C23H42N4O/c1-22(2,17-28)16-23(3)10-8-18(9-11-23)21-19(15-26(5)14-12-24-4)25-27-13-6-7-20(21)27/h18,24,28H,6-17H2,1-5H3/t18-,23+. The van der Waals surface area contributed by atoms with Gasteiger partial charge in [0, 0.05) is 44.0 Å². The molecule has 2 aliphatic rings. The predicted molar refractivity (Wildman–Crippen MR) is 116 cm³/mol. The van der Waals surface area contributed by atoms with Crippen molar-refractivity contribution in [2.75, 3.05) is 33.8 Å². The van der Waals surface area contributed by atoms with E-state index in [-0.39, 0.29) is 12.0 Å². The summed E-state index contributed by atoms with van der Waals surface area (Å²) in [6, 6.07) is 0. The van der Waals surface area contributed by atoms with Crippen molar-refractivity contribution in [3.05, 3.63) is 17.0 Å². The van der Waals surface area contributed by atoms with E-state index in [1.807, 2.05) is 7.05 Å². The number of fused-ring (bicyclic) bond motifs is 1. The Kier molecular flexibility index (Phi) is 6.88. The molecule has 1 saturated carbocycles. The first-order chi connectivity index (χ1) is 13.3. The normalized spacial score (nSPS) is 25.5. The molecule has 160 valence electrons. The molecule has 0 bridgehead atoms. The summed E-state index contributed by atoms with van der Waals surface area (Å²) in [6.07, 6.45) is 8.64. The molecule has 5 heteroatoms. The molecule has 1 aromatic rings. The fourth-order valence-corrected chi connectivity index (χ4v) is 5.63. The lowest BCUT2D eigenvalue weighted by Crippen LogP contribution is -2.32. The molecule has 1 aliphatic heterocycles. The van der Waals surface area contributed by atoms with Crippen LogP contribution in [0.3, 0.4) is 0 Å². The number of hydrogen-bond acceptors (Lipinski definition) is 4. The SMILES string of the molecule is CNCCN(C)Cc1nn2c(c1[C@H]1CC[C@@](C)(CC(C)(C)CO)CC1)CCC2. The highest BCUT2D eigenvalue weighted by molar-refractivity contribution is 5.33. The predicted octanol–water partition coefficient (Wildman–Crippen LogP) is 3.55. The van der Waals surface area contributed by atoms with Gasteiger partial charge in [0.25, 0.3) is 0 Å². The Morgan fingerprint density at radius 3 is 2.68 bits per heavy atom. The van der Waals surface area contributed by atoms with Crippen molar-refractivity contribution in [3.63, 3.8) is 0 Å². The summed E-state index contributed by atoms with van der Waals surface area (Å²) in [7, 11) is 4.22. The third kappa shape index (κ3) is 4.98. The lowest BCUT2D eigenvalue weighted by atomic mass is 9.63. The van der Waals surface area contributed by atoms with Crippen molar-refractivity contribution in [1.82, 2.24) is 20.0 Å². The number of aliphatic hydroxyl groups is 1. The quantitative estimate of drug-likeness (QED) is 0.677. The molecule has 1 fully saturated rings. The molecule has 2 heterocycles. The minimum atomic E-state index is 0.0295. The van der Waals surface area contributed by atoms with E-state index in [0.717, 1.165) is 32.6 Å². The van der Waals surface area contributed by atoms with Gasteiger partial charge in [0.05, 0.1) is 5.69 Å². The highest BCUT2D eigenvalue weighted by Gasteiger charge is 2.38. The van der Waals surface area contributed by atoms with Gasteiger partial charge in [-0.3, -0.25) is 9.58 Å². The van der Waals surface area contributed by atoms with Gasteiger partial charge in [0.15, 0.2) is 0 Å². The highest BCUT2D eigenvalue weighted by atomic mass is 16.3. The third-order valence-corrected chi connectivity index (χ3v) is 7.06. The molecular formula is C23H42N4O. The van der Waals surface area contributed by atoms with Gasteiger partial charge in [0.2, 0.25) is 0 Å². The summed E-state index contributed by atoms with van der Waals surface area (Å²) in [6.45, 7) is 11.3. The van der Waals surface area contributed by atoms with Gasteiger partial charge in [0.1, 0.15) is 0 Å². The molecular weight excluding hydrogens is 348 g/mol. The van der Waals surface area contributed by atoms with Crippen LogP contribution in [0.25, 0.3) is 0 Å². The average molecular weight is 391 g/mol. The maximum absolute atomic E-state index is 9.71. The van der Waals surface area contributed by atoms with Crippen LogP contribution >= 0.6 is 0 Å². The zero-order valence-corrected chi connectivity index (χ0v) is 18.9. The first-order valence-electron chi connectivity index (χ1n) is 11.3. The van der Waals surface area contributed by atoms with Crippen LogP contribution < -0.4 is 5.32 Å². The summed E-state index contributed by atoms with van der Waals surface area (Å²) < 4.78 is 2.30. The third-order valence-electron chi connectivity index (χ3n) is 7.06. The van der Waals surface area contributed by atoms with E-state index in [1.165, 1.54) is 49.9 Å². The molecule has 0 saturated heterocycles. The topological polar surface area (TPSA) is 53.3 Å². The molecule has 0 amide bonds. The van der Waals surface area contributed by atoms with Crippen molar-refractivity contribution in [3.8, 4) is 0 Å². The lowest BCUT2D eigenvalue weighted by Gasteiger charge is -2.42. The van der Waals surface area contributed by atoms with Gasteiger partial charge in [-0.15, -0.1) is 0 Å². The van der Waals surface area contributed by atoms with Crippen molar-refractivity contribution in [2.45, 2.75) is 84.7 Å². The van der Waals surface area contributed by atoms with Crippen LogP contribution in [-0.4, -0.2) is 53.6 Å². The molecule has 1 aromatic heterocycles. The smallest absolute Gasteiger partial charge is 0.0802 e. The summed E-state index contributed by atoms with van der Waals surface area (Å²) in [5.41, 5.74) is 4.85. The van der Waals surface area contributed by atoms with E-state index in [2.05, 4.69) is 42.7 Å². The Bertz CT molecular complexity index is 643. The Labute approximate surface area is 171 Å². The molecule has 5 nitrogen and oxygen atoms in total. The highest BCUT2D eigenvalue weighted by Crippen LogP contribution is 2.49. The minimum Gasteiger partial charge on any atom is -0.396 e. The second-order valence-corrected chi connectivity index (χ2v) is 10.6. The molecule has 0 atom stereocenters. The lowest BCUT2D eigenvalue weighted by molar-refractivity contribution is 0.0681. The van der Waals surface area contributed by atoms with Crippen LogP contribution in [0.4, 0.5) is 0 Å². The molecule has 0 radical (unpaired) electrons. The largest absolute Gasteiger partial charge is 0.396 e. The van der Waals surface area contributed by atoms with Crippen molar-refractivity contribution in [1.29, 1.82) is 0 Å². The van der Waals surface area contributed by atoms with E-state index in [4.69, 9.17) is 5.10 Å². The molecule has 0 aromatic carbocycles. The Hall–Kier alpha value is -0.910. The van der Waals surface area contributed by atoms with Crippen molar-refractivity contribution < 1.29 is 5.11 Å². The Morgan fingerprint density at radius 1 is 1.32 bits per heavy atom. The minimum absolute atomic E-state index is 0.0295. The number of hydrogen-bond donors (Lipinski definition) is 2. The number of nitrogens with one attached hydrogen (secondary N) is 1. The second kappa shape index (κ2) is 8.85. The molecule has 0 spiro atoms. The van der Waals surface area contributed by atoms with Crippen LogP contribution in [-0.2, 0) is 19.5 Å². The summed E-state index contributed by atoms with van der Waals surface area (Å²) in [4.78, 5) is 2.40. The molecule has 3 rings (SSSR count). The summed E-state index contributed by atoms with van der Waals surface area (Å²) >= 11 is 0. The van der Waals surface area contributed by atoms with Crippen LogP contribution in [0.2, 0.25) is 0 Å². The molecule has 1 aliphatic carbocycles. The Balaban J connectivity index is 1.72. The van der Waals surface area contributed by atoms with E-state index in [1.54, 1.807) is 5.56 Å². The maximum Gasteiger partial charge on any atom is 0.0802 e. The van der Waals surface area contributed by atoms with Gasteiger partial charge < -0.3 is 10.4 Å². The fourth-order valence-electron chi connectivity index (χ4n) is 5.63. The van der Waals surface area contributed by atoms with E-state index in [0.29, 0.717) is 11.3 Å². The fraction of sp³-hybridized carbons (Fsp3) is 0.870. The van der Waals surface area contributed by atoms with Crippen LogP contribution in [0, 0.1) is 10.8 Å². The van der Waals surface area contributed by atoms with Gasteiger partial charge in [-0.05, 0) is 75.8 Å². The Morgan fingerprint density at radius 2 is 2.04 bits per heavy atom. The second-order valence-electron chi connectivity index (χ2n) is 10.6. The number of aliphatic hydroxyl groups excluding tert-OH is 1. The first kappa shape index (κ1) is 21.8. The number of aryl methyl sites for hydroxylation is 1. The van der Waals surface area contributed by atoms with Gasteiger partial charge in [-0.25, -0.2) is 0 Å². The summed E-state index contributed by atoms with van der Waals surface area (Å²) in [5, 5.41) is 18.0. The average Bonchev–Trinajstić information content (AvgIpc) is 3.21. The maximum atomic E-state index is 9.71. The first-order valence-corrected chi connectivity index (χ1v) is 11.3. The number of nitrogens with zero attached hydrogens (tertiary/aromatic N) is 3. The van der Waals surface area contributed by atoms with E-state index in [9.17, 15) is 5.11 Å². The molecule has 28 heavy (non-hydrogen) atoms. The number of rotatable bonds is 9. The van der Waals surface area contributed by atoms with Crippen LogP contribution in [0.1, 0.15) is 82.2 Å². The number of aromatic nitrogens is 2. The monoisotopic (exact) mass is 390 g/mol. The molecule has 0 unspecified atom stereocenters. The van der Waals surface area contributed by atoms with E-state index >= 15 is 0 Å². The van der Waals surface area contributed by atoms with Gasteiger partial charge >= 0.3 is 0 Å². The van der Waals surface area contributed by atoms with Gasteiger partial charge in [-0.2, -0.15) is 5.10 Å². The molecule has 2 N–H and O–H groups in total. The van der Waals surface area contributed by atoms with E-state index < -0.39 is 0 Å². The van der Waals surface area contributed by atoms with Crippen LogP contribution in [0.15, 0.2) is 0 Å². The summed E-state index contributed by atoms with van der Waals surface area (Å²) in [5.74, 6) is 0.667.